The minimum atomic E-state index is -0.324. The number of carbonyl (C=O) groups excluding carboxylic acids is 1. The monoisotopic (exact) mass is 342 g/mol. The molecule has 0 bridgehead atoms. The Kier molecular flexibility index (Phi) is 5.50. The second-order valence-electron chi connectivity index (χ2n) is 3.71. The summed E-state index contributed by atoms with van der Waals surface area (Å²) in [5.74, 6) is -0.324. The van der Waals surface area contributed by atoms with E-state index in [-0.39, 0.29) is 23.0 Å². The summed E-state index contributed by atoms with van der Waals surface area (Å²) < 4.78 is 7.72. The predicted molar refractivity (Wildman–Crippen MR) is 82.1 cm³/mol. The fourth-order valence-electron chi connectivity index (χ4n) is 1.74. The minimum Gasteiger partial charge on any atom is -0.462 e. The minimum absolute atomic E-state index is 0. The number of benzene rings is 1. The van der Waals surface area contributed by atoms with Crippen LogP contribution >= 0.6 is 28.3 Å². The maximum atomic E-state index is 11.6. The molecule has 0 spiro atoms. The van der Waals surface area contributed by atoms with E-state index in [2.05, 4.69) is 6.58 Å². The zero-order valence-electron chi connectivity index (χ0n) is 10.5. The van der Waals surface area contributed by atoms with Crippen molar-refractivity contribution in [2.45, 2.75) is 13.5 Å². The summed E-state index contributed by atoms with van der Waals surface area (Å²) in [6, 6.07) is 5.35. The zero-order chi connectivity index (χ0) is 13.1. The van der Waals surface area contributed by atoms with Crippen LogP contribution in [0.3, 0.4) is 0 Å². The van der Waals surface area contributed by atoms with E-state index in [0.29, 0.717) is 23.5 Å². The van der Waals surface area contributed by atoms with Gasteiger partial charge in [-0.3, -0.25) is 5.41 Å². The van der Waals surface area contributed by atoms with E-state index in [4.69, 9.17) is 10.1 Å². The molecule has 6 heteroatoms. The molecule has 19 heavy (non-hydrogen) atoms. The highest BCUT2D eigenvalue weighted by atomic mass is 79.9. The lowest BCUT2D eigenvalue weighted by atomic mass is 10.2. The number of rotatable bonds is 4. The summed E-state index contributed by atoms with van der Waals surface area (Å²) in [5.41, 5.74) is 1.47. The van der Waals surface area contributed by atoms with Crippen LogP contribution in [0.1, 0.15) is 17.3 Å². The SMILES string of the molecule is Br.C=CCn1c(=N)sc2cc(C(=O)OCC)ccc21. The smallest absolute Gasteiger partial charge is 0.338 e. The van der Waals surface area contributed by atoms with E-state index in [9.17, 15) is 4.79 Å². The van der Waals surface area contributed by atoms with Gasteiger partial charge in [-0.05, 0) is 25.1 Å². The van der Waals surface area contributed by atoms with Crippen LogP contribution in [0.4, 0.5) is 0 Å². The Hall–Kier alpha value is -1.40. The average molecular weight is 343 g/mol. The van der Waals surface area contributed by atoms with Gasteiger partial charge in [0.15, 0.2) is 4.80 Å². The molecule has 0 saturated carbocycles. The molecule has 2 aromatic rings. The fourth-order valence-corrected chi connectivity index (χ4v) is 2.70. The second-order valence-corrected chi connectivity index (χ2v) is 4.74. The van der Waals surface area contributed by atoms with Gasteiger partial charge < -0.3 is 9.30 Å². The van der Waals surface area contributed by atoms with Gasteiger partial charge in [0.05, 0.1) is 22.4 Å². The van der Waals surface area contributed by atoms with Crippen LogP contribution in [0.25, 0.3) is 10.2 Å². The third kappa shape index (κ3) is 3.13. The Bertz CT molecular complexity index is 660. The number of fused-ring (bicyclic) bond motifs is 1. The molecule has 1 aromatic carbocycles. The molecule has 0 amide bonds. The summed E-state index contributed by atoms with van der Waals surface area (Å²) in [6.07, 6.45) is 1.75. The first-order valence-corrected chi connectivity index (χ1v) is 6.45. The van der Waals surface area contributed by atoms with Crippen molar-refractivity contribution in [2.75, 3.05) is 6.61 Å². The molecule has 0 aliphatic carbocycles. The molecule has 2 rings (SSSR count). The van der Waals surface area contributed by atoms with Crippen LogP contribution in [-0.2, 0) is 11.3 Å². The number of hydrogen-bond donors (Lipinski definition) is 1. The standard InChI is InChI=1S/C13H14N2O2S.BrH/c1-3-7-15-10-6-5-9(12(16)17-4-2)8-11(10)18-13(15)14;/h3,5-6,8,14H,1,4,7H2,2H3;1H. The fraction of sp³-hybridized carbons (Fsp3) is 0.231. The second kappa shape index (κ2) is 6.68. The molecule has 4 nitrogen and oxygen atoms in total. The first-order chi connectivity index (χ1) is 8.67. The van der Waals surface area contributed by atoms with E-state index in [1.807, 2.05) is 10.6 Å². The molecule has 0 aliphatic heterocycles. The van der Waals surface area contributed by atoms with Gasteiger partial charge in [-0.25, -0.2) is 4.79 Å². The van der Waals surface area contributed by atoms with E-state index >= 15 is 0 Å². The topological polar surface area (TPSA) is 55.1 Å². The lowest BCUT2D eigenvalue weighted by molar-refractivity contribution is 0.0526. The normalized spacial score (nSPS) is 9.95. The molecule has 0 aliphatic rings. The first-order valence-electron chi connectivity index (χ1n) is 5.63. The number of halogens is 1. The number of nitrogens with zero attached hydrogens (tertiary/aromatic N) is 1. The molecule has 0 saturated heterocycles. The third-order valence-corrected chi connectivity index (χ3v) is 3.49. The highest BCUT2D eigenvalue weighted by Crippen LogP contribution is 2.19. The van der Waals surface area contributed by atoms with Gasteiger partial charge >= 0.3 is 5.97 Å². The first kappa shape index (κ1) is 15.7. The van der Waals surface area contributed by atoms with E-state index in [1.165, 1.54) is 11.3 Å². The molecule has 0 atom stereocenters. The number of carbonyl (C=O) groups is 1. The van der Waals surface area contributed by atoms with Gasteiger partial charge in [-0.2, -0.15) is 0 Å². The molecule has 1 N–H and O–H groups in total. The number of ether oxygens (including phenoxy) is 1. The maximum absolute atomic E-state index is 11.6. The van der Waals surface area contributed by atoms with Crippen molar-refractivity contribution in [1.29, 1.82) is 5.41 Å². The summed E-state index contributed by atoms with van der Waals surface area (Å²) in [4.78, 5) is 12.1. The number of allylic oxidation sites excluding steroid dienone is 1. The Morgan fingerprint density at radius 3 is 2.95 bits per heavy atom. The Morgan fingerprint density at radius 1 is 1.58 bits per heavy atom. The Balaban J connectivity index is 0.00000180. The Labute approximate surface area is 125 Å². The van der Waals surface area contributed by atoms with Crippen LogP contribution < -0.4 is 4.80 Å². The van der Waals surface area contributed by atoms with Crippen molar-refractivity contribution < 1.29 is 9.53 Å². The lowest BCUT2D eigenvalue weighted by Crippen LogP contribution is -2.11. The highest BCUT2D eigenvalue weighted by molar-refractivity contribution is 8.93. The van der Waals surface area contributed by atoms with Gasteiger partial charge in [0.2, 0.25) is 0 Å². The molecule has 1 heterocycles. The van der Waals surface area contributed by atoms with Gasteiger partial charge in [-0.1, -0.05) is 17.4 Å². The maximum Gasteiger partial charge on any atom is 0.338 e. The summed E-state index contributed by atoms with van der Waals surface area (Å²) >= 11 is 1.34. The summed E-state index contributed by atoms with van der Waals surface area (Å²) in [5, 5.41) is 7.88. The molecule has 102 valence electrons. The van der Waals surface area contributed by atoms with Gasteiger partial charge in [-0.15, -0.1) is 23.6 Å². The summed E-state index contributed by atoms with van der Waals surface area (Å²) in [6.45, 7) is 6.42. The van der Waals surface area contributed by atoms with Crippen molar-refractivity contribution in [2.24, 2.45) is 0 Å². The zero-order valence-corrected chi connectivity index (χ0v) is 13.0. The van der Waals surface area contributed by atoms with E-state index in [1.54, 1.807) is 25.1 Å². The molecule has 1 aromatic heterocycles. The van der Waals surface area contributed by atoms with Crippen molar-refractivity contribution in [3.63, 3.8) is 0 Å². The predicted octanol–water partition coefficient (Wildman–Crippen LogP) is 3.12. The van der Waals surface area contributed by atoms with Crippen LogP contribution in [0.5, 0.6) is 0 Å². The van der Waals surface area contributed by atoms with Gasteiger partial charge in [0.1, 0.15) is 0 Å². The van der Waals surface area contributed by atoms with Crippen molar-refractivity contribution in [1.82, 2.24) is 4.57 Å². The number of nitrogens with one attached hydrogen (secondary N) is 1. The molecular formula is C13H15BrN2O2S. The highest BCUT2D eigenvalue weighted by Gasteiger charge is 2.10. The van der Waals surface area contributed by atoms with Crippen LogP contribution in [-0.4, -0.2) is 17.1 Å². The summed E-state index contributed by atoms with van der Waals surface area (Å²) in [7, 11) is 0. The number of thiazole rings is 1. The molecule has 0 radical (unpaired) electrons. The molecule has 0 unspecified atom stereocenters. The third-order valence-electron chi connectivity index (χ3n) is 2.53. The quantitative estimate of drug-likeness (QED) is 0.685. The van der Waals surface area contributed by atoms with Crippen molar-refractivity contribution >= 4 is 44.5 Å². The lowest BCUT2D eigenvalue weighted by Gasteiger charge is -2.03. The van der Waals surface area contributed by atoms with E-state index < -0.39 is 0 Å². The van der Waals surface area contributed by atoms with Gasteiger partial charge in [0, 0.05) is 6.54 Å². The van der Waals surface area contributed by atoms with E-state index in [0.717, 1.165) is 10.2 Å². The number of esters is 1. The Morgan fingerprint density at radius 2 is 2.32 bits per heavy atom. The molecule has 0 fully saturated rings. The van der Waals surface area contributed by atoms with Crippen LogP contribution in [0.15, 0.2) is 30.9 Å². The average Bonchev–Trinajstić information content (AvgIpc) is 2.66. The number of hydrogen-bond acceptors (Lipinski definition) is 4. The van der Waals surface area contributed by atoms with Crippen LogP contribution in [0.2, 0.25) is 0 Å². The van der Waals surface area contributed by atoms with Crippen molar-refractivity contribution in [3.8, 4) is 0 Å². The van der Waals surface area contributed by atoms with Crippen LogP contribution in [0, 0.1) is 5.41 Å². The largest absolute Gasteiger partial charge is 0.462 e. The van der Waals surface area contributed by atoms with Gasteiger partial charge in [0.25, 0.3) is 0 Å². The molecular weight excluding hydrogens is 328 g/mol. The van der Waals surface area contributed by atoms with Crippen molar-refractivity contribution in [3.05, 3.63) is 41.2 Å². The number of aromatic nitrogens is 1.